The Labute approximate surface area is 145 Å². The van der Waals surface area contributed by atoms with Gasteiger partial charge in [0.25, 0.3) is 0 Å². The molecule has 0 aliphatic heterocycles. The lowest BCUT2D eigenvalue weighted by Gasteiger charge is -2.39. The van der Waals surface area contributed by atoms with E-state index in [1.54, 1.807) is 0 Å². The summed E-state index contributed by atoms with van der Waals surface area (Å²) < 4.78 is 6.24. The molecule has 1 aromatic rings. The first-order valence-corrected chi connectivity index (χ1v) is 17.1. The summed E-state index contributed by atoms with van der Waals surface area (Å²) in [7, 11) is -2.44. The van der Waals surface area contributed by atoms with Gasteiger partial charge in [-0.15, -0.1) is 0 Å². The van der Waals surface area contributed by atoms with Gasteiger partial charge in [0.05, 0.1) is 5.76 Å². The highest BCUT2D eigenvalue weighted by Gasteiger charge is 2.34. The minimum atomic E-state index is -2.44. The summed E-state index contributed by atoms with van der Waals surface area (Å²) in [6.07, 6.45) is 2.32. The molecule has 110 valence electrons. The van der Waals surface area contributed by atoms with Gasteiger partial charge >= 0.3 is 7.93 Å². The van der Waals surface area contributed by atoms with Crippen LogP contribution in [0.2, 0.25) is 0 Å². The molecule has 0 heterocycles. The molecule has 2 atom stereocenters. The van der Waals surface area contributed by atoms with Gasteiger partial charge in [-0.3, -0.25) is 0 Å². The van der Waals surface area contributed by atoms with Crippen LogP contribution >= 0.6 is 42.2 Å². The second-order valence-electron chi connectivity index (χ2n) is 5.26. The summed E-state index contributed by atoms with van der Waals surface area (Å²) in [6, 6.07) is 8.67. The summed E-state index contributed by atoms with van der Waals surface area (Å²) in [4.78, 5) is 0. The number of fused-ring (bicyclic) bond motifs is 1. The van der Waals surface area contributed by atoms with E-state index in [1.165, 1.54) is 23.1 Å². The van der Waals surface area contributed by atoms with Gasteiger partial charge in [0.1, 0.15) is 0 Å². The molecule has 0 N–H and O–H groups in total. The number of benzene rings is 1. The summed E-state index contributed by atoms with van der Waals surface area (Å²) in [5, 5.41) is 0. The quantitative estimate of drug-likeness (QED) is 0.441. The molecule has 0 aromatic heterocycles. The fourth-order valence-corrected chi connectivity index (χ4v) is 5.57. The molecule has 2 unspecified atom stereocenters. The first-order chi connectivity index (χ1) is 9.39. The van der Waals surface area contributed by atoms with E-state index in [0.29, 0.717) is 11.8 Å². The van der Waals surface area contributed by atoms with Crippen molar-refractivity contribution in [2.45, 2.75) is 39.5 Å². The second kappa shape index (κ2) is 6.88. The van der Waals surface area contributed by atoms with Gasteiger partial charge in [-0.1, -0.05) is 38.1 Å². The SMILES string of the molecule is CCC1C(C)=C([O][Al-]([Br])([Br])[Br])c2ccccc2C1CC. The Morgan fingerprint density at radius 1 is 1.05 bits per heavy atom. The summed E-state index contributed by atoms with van der Waals surface area (Å²) in [5.74, 6) is 2.22. The van der Waals surface area contributed by atoms with E-state index >= 15 is 0 Å². The fourth-order valence-electron chi connectivity index (χ4n) is 3.31. The average molecular weight is 482 g/mol. The van der Waals surface area contributed by atoms with Crippen molar-refractivity contribution in [1.29, 1.82) is 0 Å². The van der Waals surface area contributed by atoms with Gasteiger partial charge in [-0.05, 0) is 42.7 Å². The number of allylic oxidation sites excluding steroid dienone is 1. The van der Waals surface area contributed by atoms with Crippen LogP contribution in [-0.4, -0.2) is 7.93 Å². The van der Waals surface area contributed by atoms with Crippen LogP contribution in [0.25, 0.3) is 5.76 Å². The molecule has 1 aliphatic rings. The third-order valence-corrected chi connectivity index (χ3v) is 6.32. The molecule has 5 heteroatoms. The predicted octanol–water partition coefficient (Wildman–Crippen LogP) is 6.59. The van der Waals surface area contributed by atoms with E-state index in [2.05, 4.69) is 87.2 Å². The van der Waals surface area contributed by atoms with Crippen molar-refractivity contribution in [3.8, 4) is 0 Å². The van der Waals surface area contributed by atoms with E-state index in [0.717, 1.165) is 12.2 Å². The third kappa shape index (κ3) is 3.55. The van der Waals surface area contributed by atoms with Crippen molar-refractivity contribution in [1.82, 2.24) is 0 Å². The second-order valence-corrected chi connectivity index (χ2v) is 29.2. The molecular weight excluding hydrogens is 463 g/mol. The zero-order valence-corrected chi connectivity index (χ0v) is 17.9. The van der Waals surface area contributed by atoms with E-state index in [1.807, 2.05) is 0 Å². The molecule has 0 amide bonds. The van der Waals surface area contributed by atoms with Crippen LogP contribution in [0, 0.1) is 5.92 Å². The third-order valence-electron chi connectivity index (χ3n) is 4.14. The lowest BCUT2D eigenvalue weighted by Crippen LogP contribution is -2.24. The minimum absolute atomic E-state index is 0.568. The molecule has 0 fully saturated rings. The van der Waals surface area contributed by atoms with E-state index in [9.17, 15) is 0 Å². The first kappa shape index (κ1) is 17.1. The first-order valence-electron chi connectivity index (χ1n) is 7.06. The van der Waals surface area contributed by atoms with Crippen LogP contribution in [0.5, 0.6) is 0 Å². The molecule has 0 spiro atoms. The molecule has 1 nitrogen and oxygen atoms in total. The van der Waals surface area contributed by atoms with Crippen LogP contribution in [0.3, 0.4) is 0 Å². The van der Waals surface area contributed by atoms with E-state index < -0.39 is 7.93 Å². The van der Waals surface area contributed by atoms with Crippen LogP contribution in [0.4, 0.5) is 0 Å². The maximum Gasteiger partial charge on any atom is 0.615 e. The lowest BCUT2D eigenvalue weighted by atomic mass is 9.72. The molecule has 1 aliphatic carbocycles. The maximum atomic E-state index is 6.24. The molecule has 20 heavy (non-hydrogen) atoms. The molecule has 0 bridgehead atoms. The lowest BCUT2D eigenvalue weighted by molar-refractivity contribution is 0.427. The zero-order valence-electron chi connectivity index (χ0n) is 12.0. The Bertz CT molecular complexity index is 522. The molecule has 0 radical (unpaired) electrons. The Balaban J connectivity index is 2.57. The number of hydrogen-bond donors (Lipinski definition) is 0. The summed E-state index contributed by atoms with van der Waals surface area (Å²) in [6.45, 7) is 6.77. The standard InChI is InChI=1S/C15H20O.Al.3BrH/c1-4-11-10(3)15(16)14-9-7-6-8-13(14)12(11)5-2;;;;/h6-9,11-12,16H,4-5H2,1-3H3;;3*1H/q;+3;;;/p-4. The van der Waals surface area contributed by atoms with Crippen molar-refractivity contribution in [3.05, 3.63) is 41.0 Å². The molecular formula is C15H19AlBr3O-. The van der Waals surface area contributed by atoms with Crippen molar-refractivity contribution >= 4 is 55.8 Å². The molecule has 0 saturated carbocycles. The summed E-state index contributed by atoms with van der Waals surface area (Å²) in [5.41, 5.74) is 4.06. The van der Waals surface area contributed by atoms with Gasteiger partial charge in [0.2, 0.25) is 0 Å². The average Bonchev–Trinajstić information content (AvgIpc) is 2.40. The maximum absolute atomic E-state index is 6.24. The Morgan fingerprint density at radius 2 is 1.65 bits per heavy atom. The molecule has 1 aromatic carbocycles. The fraction of sp³-hybridized carbons (Fsp3) is 0.467. The number of hydrogen-bond acceptors (Lipinski definition) is 1. The van der Waals surface area contributed by atoms with Gasteiger partial charge in [0, 0.05) is 5.56 Å². The number of halogens is 3. The van der Waals surface area contributed by atoms with Crippen LogP contribution in [0.1, 0.15) is 50.7 Å². The molecule has 0 saturated heterocycles. The highest BCUT2D eigenvalue weighted by molar-refractivity contribution is 9.71. The van der Waals surface area contributed by atoms with Crippen LogP contribution in [-0.2, 0) is 3.79 Å². The van der Waals surface area contributed by atoms with Gasteiger partial charge < -0.3 is 45.9 Å². The highest BCUT2D eigenvalue weighted by Crippen LogP contribution is 2.48. The Morgan fingerprint density at radius 3 is 2.20 bits per heavy atom. The zero-order chi connectivity index (χ0) is 14.9. The van der Waals surface area contributed by atoms with Crippen molar-refractivity contribution < 1.29 is 3.79 Å². The Hall–Kier alpha value is 0.732. The topological polar surface area (TPSA) is 9.23 Å². The normalized spacial score (nSPS) is 22.7. The summed E-state index contributed by atoms with van der Waals surface area (Å²) >= 11 is 10.8. The Kier molecular flexibility index (Phi) is 5.88. The van der Waals surface area contributed by atoms with E-state index in [-0.39, 0.29) is 0 Å². The minimum Gasteiger partial charge on any atom is -0.774 e. The van der Waals surface area contributed by atoms with Crippen LogP contribution in [0.15, 0.2) is 29.8 Å². The van der Waals surface area contributed by atoms with Crippen molar-refractivity contribution in [3.63, 3.8) is 0 Å². The van der Waals surface area contributed by atoms with Gasteiger partial charge in [0.15, 0.2) is 0 Å². The molecule has 2 rings (SSSR count). The predicted molar refractivity (Wildman–Crippen MR) is 99.5 cm³/mol. The van der Waals surface area contributed by atoms with E-state index in [4.69, 9.17) is 3.79 Å². The number of rotatable bonds is 4. The largest absolute Gasteiger partial charge is 0.774 e. The highest BCUT2D eigenvalue weighted by atomic mass is 80.0. The van der Waals surface area contributed by atoms with Gasteiger partial charge in [-0.25, -0.2) is 0 Å². The van der Waals surface area contributed by atoms with Crippen molar-refractivity contribution in [2.75, 3.05) is 0 Å². The van der Waals surface area contributed by atoms with Gasteiger partial charge in [-0.2, -0.15) is 0 Å². The van der Waals surface area contributed by atoms with Crippen LogP contribution < -0.4 is 0 Å². The van der Waals surface area contributed by atoms with Crippen molar-refractivity contribution in [2.24, 2.45) is 5.92 Å². The monoisotopic (exact) mass is 479 g/mol. The smallest absolute Gasteiger partial charge is 0.615 e.